The van der Waals surface area contributed by atoms with Gasteiger partial charge in [0.05, 0.1) is 26.2 Å². The zero-order valence-corrected chi connectivity index (χ0v) is 21.3. The molecule has 0 rings (SSSR count). The number of carbonyl (C=O) groups excluding carboxylic acids is 2. The number of carboxylic acids is 1. The summed E-state index contributed by atoms with van der Waals surface area (Å²) < 4.78 is 5.01. The minimum Gasteiger partial charge on any atom is -0.480 e. The number of hydrogen-bond donors (Lipinski definition) is 3. The standard InChI is InChI=1S/C26H48N2O6/c1-2-3-4-5-6-7-8-9-10-11-12-13-14-15-16-17-24(30)27-18-21-34-26(33)23-28(19-20-29)22-25(31)32/h9-10,29H,2-8,11-23H2,1H3,(H,27,30)(H,31,32)/b10-9-. The summed E-state index contributed by atoms with van der Waals surface area (Å²) in [5.41, 5.74) is 0. The fraction of sp³-hybridized carbons (Fsp3) is 0.808. The summed E-state index contributed by atoms with van der Waals surface area (Å²) >= 11 is 0. The van der Waals surface area contributed by atoms with Crippen LogP contribution >= 0.6 is 0 Å². The molecule has 0 spiro atoms. The van der Waals surface area contributed by atoms with E-state index in [1.807, 2.05) is 0 Å². The first kappa shape index (κ1) is 32.1. The molecular formula is C26H48N2O6. The summed E-state index contributed by atoms with van der Waals surface area (Å²) in [5, 5.41) is 20.4. The number of carboxylic acid groups (broad SMARTS) is 1. The van der Waals surface area contributed by atoms with Gasteiger partial charge in [0.2, 0.25) is 5.91 Å². The highest BCUT2D eigenvalue weighted by Gasteiger charge is 2.14. The molecule has 34 heavy (non-hydrogen) atoms. The maximum absolute atomic E-state index is 11.8. The number of carbonyl (C=O) groups is 3. The lowest BCUT2D eigenvalue weighted by atomic mass is 10.1. The van der Waals surface area contributed by atoms with Crippen molar-refractivity contribution in [3.63, 3.8) is 0 Å². The predicted molar refractivity (Wildman–Crippen MR) is 135 cm³/mol. The molecule has 0 aliphatic heterocycles. The number of unbranched alkanes of at least 4 members (excludes halogenated alkanes) is 11. The van der Waals surface area contributed by atoms with Crippen LogP contribution in [0.1, 0.15) is 96.8 Å². The number of allylic oxidation sites excluding steroid dienone is 2. The van der Waals surface area contributed by atoms with Crippen molar-refractivity contribution in [2.75, 3.05) is 39.4 Å². The lowest BCUT2D eigenvalue weighted by Crippen LogP contribution is -2.38. The van der Waals surface area contributed by atoms with E-state index in [4.69, 9.17) is 14.9 Å². The Labute approximate surface area is 206 Å². The number of nitrogens with one attached hydrogen (secondary N) is 1. The molecule has 0 fully saturated rings. The van der Waals surface area contributed by atoms with Crippen LogP contribution < -0.4 is 5.32 Å². The number of aliphatic hydroxyl groups excluding tert-OH is 1. The van der Waals surface area contributed by atoms with Crippen molar-refractivity contribution in [2.24, 2.45) is 0 Å². The van der Waals surface area contributed by atoms with E-state index < -0.39 is 11.9 Å². The van der Waals surface area contributed by atoms with Crippen LogP contribution in [0.5, 0.6) is 0 Å². The summed E-state index contributed by atoms with van der Waals surface area (Å²) in [5.74, 6) is -1.72. The van der Waals surface area contributed by atoms with Gasteiger partial charge in [-0.3, -0.25) is 19.3 Å². The first-order valence-corrected chi connectivity index (χ1v) is 13.1. The second-order valence-corrected chi connectivity index (χ2v) is 8.73. The molecule has 0 aromatic carbocycles. The Balaban J connectivity index is 3.52. The molecule has 0 aliphatic rings. The highest BCUT2D eigenvalue weighted by molar-refractivity contribution is 5.76. The lowest BCUT2D eigenvalue weighted by Gasteiger charge is -2.17. The van der Waals surface area contributed by atoms with Crippen LogP contribution in [0, 0.1) is 0 Å². The van der Waals surface area contributed by atoms with Crippen LogP contribution in [0.3, 0.4) is 0 Å². The van der Waals surface area contributed by atoms with Gasteiger partial charge in [-0.2, -0.15) is 0 Å². The lowest BCUT2D eigenvalue weighted by molar-refractivity contribution is -0.146. The van der Waals surface area contributed by atoms with Crippen LogP contribution in [-0.4, -0.2) is 72.4 Å². The third kappa shape index (κ3) is 23.2. The minimum atomic E-state index is -1.08. The van der Waals surface area contributed by atoms with Gasteiger partial charge in [-0.25, -0.2) is 0 Å². The second-order valence-electron chi connectivity index (χ2n) is 8.73. The Kier molecular flexibility index (Phi) is 22.8. The maximum Gasteiger partial charge on any atom is 0.320 e. The third-order valence-electron chi connectivity index (χ3n) is 5.48. The van der Waals surface area contributed by atoms with E-state index >= 15 is 0 Å². The number of aliphatic hydroxyl groups is 1. The average molecular weight is 485 g/mol. The number of esters is 1. The number of amides is 1. The average Bonchev–Trinajstić information content (AvgIpc) is 2.79. The second kappa shape index (κ2) is 24.2. The van der Waals surface area contributed by atoms with Gasteiger partial charge in [0.25, 0.3) is 0 Å². The highest BCUT2D eigenvalue weighted by atomic mass is 16.5. The van der Waals surface area contributed by atoms with Gasteiger partial charge in [0.15, 0.2) is 0 Å². The van der Waals surface area contributed by atoms with Crippen molar-refractivity contribution >= 4 is 17.8 Å². The van der Waals surface area contributed by atoms with Crippen molar-refractivity contribution in [1.82, 2.24) is 10.2 Å². The van der Waals surface area contributed by atoms with Gasteiger partial charge < -0.3 is 20.3 Å². The number of hydrogen-bond acceptors (Lipinski definition) is 6. The zero-order chi connectivity index (χ0) is 25.3. The topological polar surface area (TPSA) is 116 Å². The fourth-order valence-electron chi connectivity index (χ4n) is 3.57. The SMILES string of the molecule is CCCCCCCC/C=C\CCCCCCCC(=O)NCCOC(=O)CN(CCO)CC(=O)O. The van der Waals surface area contributed by atoms with Crippen molar-refractivity contribution < 1.29 is 29.3 Å². The van der Waals surface area contributed by atoms with E-state index in [1.165, 1.54) is 62.7 Å². The van der Waals surface area contributed by atoms with Gasteiger partial charge in [0.1, 0.15) is 6.61 Å². The molecule has 8 heteroatoms. The van der Waals surface area contributed by atoms with Crippen molar-refractivity contribution in [3.05, 3.63) is 12.2 Å². The van der Waals surface area contributed by atoms with Crippen LogP contribution in [0.2, 0.25) is 0 Å². The molecule has 0 bridgehead atoms. The summed E-state index contributed by atoms with van der Waals surface area (Å²) in [6.45, 7) is 1.79. The molecule has 0 unspecified atom stereocenters. The van der Waals surface area contributed by atoms with Gasteiger partial charge in [-0.1, -0.05) is 70.4 Å². The minimum absolute atomic E-state index is 0.0387. The molecular weight excluding hydrogens is 436 g/mol. The van der Waals surface area contributed by atoms with Crippen LogP contribution in [0.15, 0.2) is 12.2 Å². The predicted octanol–water partition coefficient (Wildman–Crippen LogP) is 4.06. The third-order valence-corrected chi connectivity index (χ3v) is 5.48. The smallest absolute Gasteiger partial charge is 0.320 e. The van der Waals surface area contributed by atoms with Gasteiger partial charge in [-0.05, 0) is 32.1 Å². The summed E-state index contributed by atoms with van der Waals surface area (Å²) in [6, 6.07) is 0. The Morgan fingerprint density at radius 3 is 2.03 bits per heavy atom. The molecule has 3 N–H and O–H groups in total. The number of ether oxygens (including phenoxy) is 1. The van der Waals surface area contributed by atoms with E-state index in [9.17, 15) is 14.4 Å². The van der Waals surface area contributed by atoms with Gasteiger partial charge in [-0.15, -0.1) is 0 Å². The molecule has 0 saturated heterocycles. The van der Waals surface area contributed by atoms with Gasteiger partial charge in [0, 0.05) is 13.0 Å². The fourth-order valence-corrected chi connectivity index (χ4v) is 3.57. The Morgan fingerprint density at radius 1 is 0.853 bits per heavy atom. The largest absolute Gasteiger partial charge is 0.480 e. The van der Waals surface area contributed by atoms with Crippen molar-refractivity contribution in [1.29, 1.82) is 0 Å². The van der Waals surface area contributed by atoms with E-state index in [0.29, 0.717) is 6.42 Å². The van der Waals surface area contributed by atoms with Gasteiger partial charge >= 0.3 is 11.9 Å². The monoisotopic (exact) mass is 484 g/mol. The Hall–Kier alpha value is -1.93. The summed E-state index contributed by atoms with van der Waals surface area (Å²) in [6.07, 6.45) is 20.9. The Bertz CT molecular complexity index is 553. The van der Waals surface area contributed by atoms with E-state index in [1.54, 1.807) is 0 Å². The number of rotatable bonds is 24. The molecule has 0 radical (unpaired) electrons. The number of nitrogens with zero attached hydrogens (tertiary/aromatic N) is 1. The molecule has 0 atom stereocenters. The van der Waals surface area contributed by atoms with Crippen LogP contribution in [-0.2, 0) is 19.1 Å². The van der Waals surface area contributed by atoms with E-state index in [2.05, 4.69) is 24.4 Å². The molecule has 0 aliphatic carbocycles. The maximum atomic E-state index is 11.8. The molecule has 8 nitrogen and oxygen atoms in total. The first-order chi connectivity index (χ1) is 16.5. The molecule has 0 aromatic rings. The molecule has 1 amide bonds. The highest BCUT2D eigenvalue weighted by Crippen LogP contribution is 2.10. The normalized spacial score (nSPS) is 11.3. The zero-order valence-electron chi connectivity index (χ0n) is 21.3. The van der Waals surface area contributed by atoms with Crippen LogP contribution in [0.4, 0.5) is 0 Å². The molecule has 0 heterocycles. The van der Waals surface area contributed by atoms with E-state index in [0.717, 1.165) is 25.7 Å². The quantitative estimate of drug-likeness (QED) is 0.107. The Morgan fingerprint density at radius 2 is 1.44 bits per heavy atom. The first-order valence-electron chi connectivity index (χ1n) is 13.1. The molecule has 198 valence electrons. The van der Waals surface area contributed by atoms with Crippen molar-refractivity contribution in [3.8, 4) is 0 Å². The van der Waals surface area contributed by atoms with Crippen LogP contribution in [0.25, 0.3) is 0 Å². The summed E-state index contributed by atoms with van der Waals surface area (Å²) in [4.78, 5) is 35.6. The van der Waals surface area contributed by atoms with Crippen molar-refractivity contribution in [2.45, 2.75) is 96.8 Å². The number of aliphatic carboxylic acids is 1. The molecule has 0 aromatic heterocycles. The summed E-state index contributed by atoms with van der Waals surface area (Å²) in [7, 11) is 0. The molecule has 0 saturated carbocycles. The van der Waals surface area contributed by atoms with E-state index in [-0.39, 0.29) is 45.3 Å².